The second-order valence-corrected chi connectivity index (χ2v) is 4.38. The summed E-state index contributed by atoms with van der Waals surface area (Å²) in [5.41, 5.74) is 1.82. The molecule has 4 nitrogen and oxygen atoms in total. The van der Waals surface area contributed by atoms with Crippen molar-refractivity contribution >= 4 is 6.29 Å². The molecule has 1 aromatic carbocycles. The molecular formula is C15H13NO3. The summed E-state index contributed by atoms with van der Waals surface area (Å²) >= 11 is 0. The standard InChI is InChI=1S/C15H13NO3/c17-9-12(7-13-3-1-2-6-16-13)11-4-5-14-15(8-11)19-10-18-14/h1-6,8-9,12H,7,10H2. The number of aldehydes is 1. The first-order valence-corrected chi connectivity index (χ1v) is 6.11. The molecule has 0 amide bonds. The molecule has 0 fully saturated rings. The van der Waals surface area contributed by atoms with Gasteiger partial charge in [0.2, 0.25) is 6.79 Å². The average molecular weight is 255 g/mol. The normalized spacial score (nSPS) is 14.1. The van der Waals surface area contributed by atoms with Crippen molar-refractivity contribution in [1.29, 1.82) is 0 Å². The first-order valence-electron chi connectivity index (χ1n) is 6.11. The van der Waals surface area contributed by atoms with Crippen molar-refractivity contribution in [3.63, 3.8) is 0 Å². The second-order valence-electron chi connectivity index (χ2n) is 4.38. The highest BCUT2D eigenvalue weighted by molar-refractivity contribution is 5.64. The molecule has 1 atom stereocenters. The van der Waals surface area contributed by atoms with Gasteiger partial charge in [-0.25, -0.2) is 0 Å². The Morgan fingerprint density at radius 2 is 2.11 bits per heavy atom. The van der Waals surface area contributed by atoms with Gasteiger partial charge in [0.1, 0.15) is 6.29 Å². The third-order valence-corrected chi connectivity index (χ3v) is 3.14. The van der Waals surface area contributed by atoms with Gasteiger partial charge in [-0.3, -0.25) is 4.98 Å². The van der Waals surface area contributed by atoms with Crippen LogP contribution in [0.25, 0.3) is 0 Å². The SMILES string of the molecule is O=CC(Cc1ccccn1)c1ccc2c(c1)OCO2. The highest BCUT2D eigenvalue weighted by Crippen LogP contribution is 2.34. The molecule has 1 unspecified atom stereocenters. The molecule has 2 heterocycles. The van der Waals surface area contributed by atoms with Gasteiger partial charge in [0.25, 0.3) is 0 Å². The number of benzene rings is 1. The first kappa shape index (κ1) is 11.7. The minimum atomic E-state index is -0.218. The van der Waals surface area contributed by atoms with Gasteiger partial charge >= 0.3 is 0 Å². The van der Waals surface area contributed by atoms with Crippen molar-refractivity contribution in [2.24, 2.45) is 0 Å². The summed E-state index contributed by atoms with van der Waals surface area (Å²) < 4.78 is 10.6. The topological polar surface area (TPSA) is 48.4 Å². The second kappa shape index (κ2) is 5.10. The molecule has 2 aromatic rings. The molecule has 19 heavy (non-hydrogen) atoms. The lowest BCUT2D eigenvalue weighted by Crippen LogP contribution is -2.05. The number of carbonyl (C=O) groups excluding carboxylic acids is 1. The Kier molecular flexibility index (Phi) is 3.14. The minimum Gasteiger partial charge on any atom is -0.454 e. The third kappa shape index (κ3) is 2.42. The van der Waals surface area contributed by atoms with Crippen LogP contribution in [0.3, 0.4) is 0 Å². The van der Waals surface area contributed by atoms with Crippen LogP contribution in [0.1, 0.15) is 17.2 Å². The number of pyridine rings is 1. The van der Waals surface area contributed by atoms with E-state index in [-0.39, 0.29) is 12.7 Å². The molecule has 1 aromatic heterocycles. The molecule has 3 rings (SSSR count). The predicted octanol–water partition coefficient (Wildman–Crippen LogP) is 2.34. The summed E-state index contributed by atoms with van der Waals surface area (Å²) in [6.07, 6.45) is 3.27. The van der Waals surface area contributed by atoms with E-state index in [0.29, 0.717) is 12.2 Å². The largest absolute Gasteiger partial charge is 0.454 e. The fourth-order valence-corrected chi connectivity index (χ4v) is 2.13. The van der Waals surface area contributed by atoms with Gasteiger partial charge in [0.05, 0.1) is 0 Å². The quantitative estimate of drug-likeness (QED) is 0.787. The van der Waals surface area contributed by atoms with Gasteiger partial charge in [-0.15, -0.1) is 0 Å². The Balaban J connectivity index is 1.84. The highest BCUT2D eigenvalue weighted by Gasteiger charge is 2.18. The van der Waals surface area contributed by atoms with Crippen molar-refractivity contribution in [3.05, 3.63) is 53.9 Å². The number of hydrogen-bond acceptors (Lipinski definition) is 4. The molecule has 0 bridgehead atoms. The fraction of sp³-hybridized carbons (Fsp3) is 0.200. The van der Waals surface area contributed by atoms with Crippen LogP contribution in [0, 0.1) is 0 Å². The van der Waals surface area contributed by atoms with Gasteiger partial charge in [0.15, 0.2) is 11.5 Å². The Labute approximate surface area is 111 Å². The zero-order valence-electron chi connectivity index (χ0n) is 10.3. The lowest BCUT2D eigenvalue weighted by Gasteiger charge is -2.10. The molecule has 96 valence electrons. The van der Waals surface area contributed by atoms with Crippen LogP contribution in [0.5, 0.6) is 11.5 Å². The fourth-order valence-electron chi connectivity index (χ4n) is 2.13. The van der Waals surface area contributed by atoms with Crippen LogP contribution >= 0.6 is 0 Å². The lowest BCUT2D eigenvalue weighted by molar-refractivity contribution is -0.109. The molecule has 0 aliphatic carbocycles. The number of ether oxygens (including phenoxy) is 2. The molecule has 0 N–H and O–H groups in total. The summed E-state index contributed by atoms with van der Waals surface area (Å²) in [6, 6.07) is 11.3. The van der Waals surface area contributed by atoms with E-state index in [1.165, 1.54) is 0 Å². The molecule has 0 radical (unpaired) electrons. The average Bonchev–Trinajstić information content (AvgIpc) is 2.93. The summed E-state index contributed by atoms with van der Waals surface area (Å²) in [6.45, 7) is 0.241. The van der Waals surface area contributed by atoms with Crippen molar-refractivity contribution in [3.8, 4) is 11.5 Å². The molecule has 1 aliphatic rings. The number of nitrogens with zero attached hydrogens (tertiary/aromatic N) is 1. The van der Waals surface area contributed by atoms with E-state index in [0.717, 1.165) is 23.3 Å². The number of rotatable bonds is 4. The Morgan fingerprint density at radius 3 is 2.89 bits per heavy atom. The van der Waals surface area contributed by atoms with E-state index in [1.807, 2.05) is 36.4 Å². The van der Waals surface area contributed by atoms with Crippen molar-refractivity contribution < 1.29 is 14.3 Å². The zero-order valence-corrected chi connectivity index (χ0v) is 10.3. The van der Waals surface area contributed by atoms with Gasteiger partial charge in [-0.1, -0.05) is 12.1 Å². The molecule has 0 saturated heterocycles. The maximum atomic E-state index is 11.3. The van der Waals surface area contributed by atoms with Gasteiger partial charge in [-0.05, 0) is 29.8 Å². The van der Waals surface area contributed by atoms with E-state index in [2.05, 4.69) is 4.98 Å². The van der Waals surface area contributed by atoms with Gasteiger partial charge in [-0.2, -0.15) is 0 Å². The molecule has 0 spiro atoms. The van der Waals surface area contributed by atoms with Crippen molar-refractivity contribution in [2.45, 2.75) is 12.3 Å². The van der Waals surface area contributed by atoms with E-state index >= 15 is 0 Å². The maximum Gasteiger partial charge on any atom is 0.231 e. The van der Waals surface area contributed by atoms with Crippen LogP contribution in [0.2, 0.25) is 0 Å². The summed E-state index contributed by atoms with van der Waals surface area (Å²) in [4.78, 5) is 15.6. The molecule has 0 saturated carbocycles. The highest BCUT2D eigenvalue weighted by atomic mass is 16.7. The van der Waals surface area contributed by atoms with Crippen LogP contribution < -0.4 is 9.47 Å². The monoisotopic (exact) mass is 255 g/mol. The first-order chi connectivity index (χ1) is 9.36. The van der Waals surface area contributed by atoms with E-state index < -0.39 is 0 Å². The predicted molar refractivity (Wildman–Crippen MR) is 69.3 cm³/mol. The number of hydrogen-bond donors (Lipinski definition) is 0. The Morgan fingerprint density at radius 1 is 1.21 bits per heavy atom. The molecule has 1 aliphatic heterocycles. The summed E-state index contributed by atoms with van der Waals surface area (Å²) in [5.74, 6) is 1.21. The van der Waals surface area contributed by atoms with Crippen molar-refractivity contribution in [2.75, 3.05) is 6.79 Å². The van der Waals surface area contributed by atoms with E-state index in [4.69, 9.17) is 9.47 Å². The van der Waals surface area contributed by atoms with Crippen LogP contribution in [-0.4, -0.2) is 18.1 Å². The summed E-state index contributed by atoms with van der Waals surface area (Å²) in [7, 11) is 0. The minimum absolute atomic E-state index is 0.218. The van der Waals surface area contributed by atoms with Crippen molar-refractivity contribution in [1.82, 2.24) is 4.98 Å². The lowest BCUT2D eigenvalue weighted by atomic mass is 9.95. The van der Waals surface area contributed by atoms with Gasteiger partial charge < -0.3 is 14.3 Å². The van der Waals surface area contributed by atoms with Crippen LogP contribution in [-0.2, 0) is 11.2 Å². The maximum absolute atomic E-state index is 11.3. The Bertz CT molecular complexity index is 583. The van der Waals surface area contributed by atoms with Crippen LogP contribution in [0.15, 0.2) is 42.6 Å². The smallest absolute Gasteiger partial charge is 0.231 e. The number of carbonyl (C=O) groups is 1. The molecule has 4 heteroatoms. The van der Waals surface area contributed by atoms with Gasteiger partial charge in [0, 0.05) is 24.2 Å². The zero-order chi connectivity index (χ0) is 13.1. The third-order valence-electron chi connectivity index (χ3n) is 3.14. The molecular weight excluding hydrogens is 242 g/mol. The summed E-state index contributed by atoms with van der Waals surface area (Å²) in [5, 5.41) is 0. The van der Waals surface area contributed by atoms with E-state index in [9.17, 15) is 4.79 Å². The number of aromatic nitrogens is 1. The number of fused-ring (bicyclic) bond motifs is 1. The Hall–Kier alpha value is -2.36. The van der Waals surface area contributed by atoms with E-state index in [1.54, 1.807) is 6.20 Å². The van der Waals surface area contributed by atoms with Crippen LogP contribution in [0.4, 0.5) is 0 Å².